The van der Waals surface area contributed by atoms with Gasteiger partial charge in [-0.25, -0.2) is 0 Å². The predicted molar refractivity (Wildman–Crippen MR) is 178 cm³/mol. The molecule has 2 atom stereocenters. The molecule has 1 N–H and O–H groups in total. The fourth-order valence-electron chi connectivity index (χ4n) is 6.41. The Hall–Kier alpha value is -3.15. The fourth-order valence-corrected chi connectivity index (χ4v) is 6.41. The Morgan fingerprint density at radius 1 is 0.822 bits per heavy atom. The van der Waals surface area contributed by atoms with Gasteiger partial charge in [0.2, 0.25) is 17.7 Å². The average Bonchev–Trinajstić information content (AvgIpc) is 3.03. The molecule has 0 radical (unpaired) electrons. The zero-order valence-electron chi connectivity index (χ0n) is 26.2. The number of nitrogens with zero attached hydrogens (tertiary/aromatic N) is 5. The molecule has 0 unspecified atom stereocenters. The van der Waals surface area contributed by atoms with Crippen molar-refractivity contribution in [3.8, 4) is 17.8 Å². The van der Waals surface area contributed by atoms with Crippen LogP contribution in [-0.4, -0.2) is 107 Å². The molecule has 1 amide bonds. The van der Waals surface area contributed by atoms with Gasteiger partial charge in [0, 0.05) is 57.3 Å². The lowest BCUT2D eigenvalue weighted by molar-refractivity contribution is -0.139. The highest BCUT2D eigenvalue weighted by Crippen LogP contribution is 2.37. The van der Waals surface area contributed by atoms with E-state index in [4.69, 9.17) is 14.2 Å². The fraction of sp³-hybridized carbons (Fsp3) is 0.485. The summed E-state index contributed by atoms with van der Waals surface area (Å²) in [6.45, 7) is 10.5. The zero-order chi connectivity index (χ0) is 30.2. The molecule has 2 aliphatic heterocycles. The van der Waals surface area contributed by atoms with Gasteiger partial charge in [-0.15, -0.1) is 24.8 Å². The molecule has 0 spiro atoms. The summed E-state index contributed by atoms with van der Waals surface area (Å²) in [6, 6.07) is 21.8. The first-order valence-corrected chi connectivity index (χ1v) is 15.3. The van der Waals surface area contributed by atoms with E-state index in [2.05, 4.69) is 80.4 Å². The van der Waals surface area contributed by atoms with Gasteiger partial charge in [0.05, 0.1) is 25.4 Å². The van der Waals surface area contributed by atoms with Crippen molar-refractivity contribution in [3.05, 3.63) is 77.4 Å². The van der Waals surface area contributed by atoms with Crippen LogP contribution in [0.5, 0.6) is 17.8 Å². The first kappa shape index (κ1) is 36.3. The highest BCUT2D eigenvalue weighted by Gasteiger charge is 2.43. The van der Waals surface area contributed by atoms with E-state index in [1.807, 2.05) is 20.8 Å². The van der Waals surface area contributed by atoms with E-state index in [0.29, 0.717) is 51.2 Å². The smallest absolute Gasteiger partial charge is 0.323 e. The molecule has 1 aromatic heterocycles. The number of carbonyl (C=O) groups is 1. The lowest BCUT2D eigenvalue weighted by Gasteiger charge is -2.53. The average molecular weight is 663 g/mol. The van der Waals surface area contributed by atoms with Crippen LogP contribution in [0.4, 0.5) is 0 Å². The molecule has 10 nitrogen and oxygen atoms in total. The number of hydrogen-bond donors (Lipinski definition) is 1. The van der Waals surface area contributed by atoms with E-state index in [-0.39, 0.29) is 54.7 Å². The van der Waals surface area contributed by atoms with E-state index in [1.54, 1.807) is 4.90 Å². The van der Waals surface area contributed by atoms with Crippen molar-refractivity contribution in [1.29, 1.82) is 0 Å². The van der Waals surface area contributed by atoms with Crippen LogP contribution >= 0.6 is 24.8 Å². The number of rotatable bonds is 12. The number of piperazine rings is 2. The Morgan fingerprint density at radius 2 is 1.38 bits per heavy atom. The van der Waals surface area contributed by atoms with Crippen molar-refractivity contribution in [3.63, 3.8) is 0 Å². The summed E-state index contributed by atoms with van der Waals surface area (Å²) in [5, 5.41) is 9.62. The van der Waals surface area contributed by atoms with Gasteiger partial charge < -0.3 is 24.2 Å². The molecular weight excluding hydrogens is 617 g/mol. The quantitative estimate of drug-likeness (QED) is 0.308. The molecule has 45 heavy (non-hydrogen) atoms. The zero-order valence-corrected chi connectivity index (χ0v) is 27.8. The third-order valence-electron chi connectivity index (χ3n) is 8.19. The van der Waals surface area contributed by atoms with Crippen molar-refractivity contribution in [2.45, 2.75) is 45.3 Å². The molecule has 0 aliphatic carbocycles. The molecule has 2 aromatic carbocycles. The predicted octanol–water partition coefficient (Wildman–Crippen LogP) is 4.04. The van der Waals surface area contributed by atoms with E-state index in [9.17, 15) is 9.90 Å². The Bertz CT molecular complexity index is 1270. The number of halogens is 2. The minimum atomic E-state index is -0.477. The van der Waals surface area contributed by atoms with Gasteiger partial charge in [-0.3, -0.25) is 14.6 Å². The maximum atomic E-state index is 12.6. The van der Waals surface area contributed by atoms with E-state index in [1.165, 1.54) is 11.1 Å². The molecule has 2 aliphatic rings. The van der Waals surface area contributed by atoms with E-state index < -0.39 is 6.61 Å². The second-order valence-corrected chi connectivity index (χ2v) is 10.8. The van der Waals surface area contributed by atoms with Crippen LogP contribution in [0.3, 0.4) is 0 Å². The van der Waals surface area contributed by atoms with Crippen LogP contribution in [0.15, 0.2) is 60.7 Å². The maximum Gasteiger partial charge on any atom is 0.323 e. The summed E-state index contributed by atoms with van der Waals surface area (Å²) in [6.07, 6.45) is 0. The number of ether oxygens (including phenoxy) is 3. The van der Waals surface area contributed by atoms with Crippen molar-refractivity contribution in [1.82, 2.24) is 24.7 Å². The van der Waals surface area contributed by atoms with Crippen molar-refractivity contribution in [2.75, 3.05) is 59.2 Å². The van der Waals surface area contributed by atoms with Crippen LogP contribution in [0.25, 0.3) is 0 Å². The van der Waals surface area contributed by atoms with Crippen LogP contribution in [0.2, 0.25) is 0 Å². The monoisotopic (exact) mass is 661 g/mol. The van der Waals surface area contributed by atoms with Crippen LogP contribution in [0, 0.1) is 0 Å². The standard InChI is InChI=1S/C33H43N5O5.2ClH/c1-4-41-31-27(32(42-5-2)35-33(34-31)43-6-3)21-36-19-26-20-37(29(40)23-39)17-18-38(26)28(22-36)30(24-13-9-7-10-14-24)25-15-11-8-12-16-25;;/h7-16,26,28,30,39H,4-6,17-23H2,1-3H3;2*1H/t26-,28+;;/m1../s1. The topological polar surface area (TPSA) is 100 Å². The number of benzene rings is 2. The molecule has 5 rings (SSSR count). The number of fused-ring (bicyclic) bond motifs is 1. The van der Waals surface area contributed by atoms with Crippen LogP contribution in [0.1, 0.15) is 43.4 Å². The van der Waals surface area contributed by atoms with E-state index >= 15 is 0 Å². The molecular formula is C33H45Cl2N5O5. The summed E-state index contributed by atoms with van der Waals surface area (Å²) >= 11 is 0. The third kappa shape index (κ3) is 8.56. The third-order valence-corrected chi connectivity index (χ3v) is 8.19. The molecule has 3 aromatic rings. The van der Waals surface area contributed by atoms with Gasteiger partial charge in [0.15, 0.2) is 0 Å². The van der Waals surface area contributed by atoms with Crippen LogP contribution < -0.4 is 14.2 Å². The van der Waals surface area contributed by atoms with Crippen molar-refractivity contribution < 1.29 is 24.1 Å². The van der Waals surface area contributed by atoms with E-state index in [0.717, 1.165) is 25.2 Å². The SMILES string of the molecule is CCOc1nc(OCC)c(CN2C[C@@H]3CN(C(=O)CO)CCN3[C@H](C(c3ccccc3)c3ccccc3)C2)c(OCC)n1.Cl.Cl. The normalized spacial score (nSPS) is 18.4. The number of amides is 1. The lowest BCUT2D eigenvalue weighted by atomic mass is 9.81. The number of aliphatic hydroxyl groups excluding tert-OH is 1. The van der Waals surface area contributed by atoms with Crippen molar-refractivity contribution >= 4 is 30.7 Å². The molecule has 3 heterocycles. The molecule has 12 heteroatoms. The number of carbonyl (C=O) groups excluding carboxylic acids is 1. The Balaban J connectivity index is 0.00000276. The van der Waals surface area contributed by atoms with Gasteiger partial charge in [-0.1, -0.05) is 60.7 Å². The number of aromatic nitrogens is 2. The summed E-state index contributed by atoms with van der Waals surface area (Å²) in [5.41, 5.74) is 3.29. The van der Waals surface area contributed by atoms with Gasteiger partial charge in [-0.05, 0) is 31.9 Å². The summed E-state index contributed by atoms with van der Waals surface area (Å²) in [5.74, 6) is 0.814. The minimum Gasteiger partial charge on any atom is -0.477 e. The minimum absolute atomic E-state index is 0. The second-order valence-electron chi connectivity index (χ2n) is 10.8. The highest BCUT2D eigenvalue weighted by molar-refractivity contribution is 5.85. The Morgan fingerprint density at radius 3 is 1.89 bits per heavy atom. The van der Waals surface area contributed by atoms with Gasteiger partial charge in [0.25, 0.3) is 0 Å². The summed E-state index contributed by atoms with van der Waals surface area (Å²) in [4.78, 5) is 28.5. The molecule has 0 saturated carbocycles. The Kier molecular flexibility index (Phi) is 14.1. The Labute approximate surface area is 278 Å². The summed E-state index contributed by atoms with van der Waals surface area (Å²) in [7, 11) is 0. The molecule has 2 fully saturated rings. The summed E-state index contributed by atoms with van der Waals surface area (Å²) < 4.78 is 17.6. The largest absolute Gasteiger partial charge is 0.477 e. The first-order chi connectivity index (χ1) is 21.1. The maximum absolute atomic E-state index is 12.6. The first-order valence-electron chi connectivity index (χ1n) is 15.3. The highest BCUT2D eigenvalue weighted by atomic mass is 35.5. The molecule has 2 saturated heterocycles. The van der Waals surface area contributed by atoms with Gasteiger partial charge >= 0.3 is 6.01 Å². The van der Waals surface area contributed by atoms with Gasteiger partial charge in [-0.2, -0.15) is 9.97 Å². The lowest BCUT2D eigenvalue weighted by Crippen LogP contribution is -2.67. The second kappa shape index (κ2) is 17.5. The van der Waals surface area contributed by atoms with Crippen molar-refractivity contribution in [2.24, 2.45) is 0 Å². The molecule has 246 valence electrons. The number of hydrogen-bond acceptors (Lipinski definition) is 9. The van der Waals surface area contributed by atoms with Crippen LogP contribution in [-0.2, 0) is 11.3 Å². The van der Waals surface area contributed by atoms with Gasteiger partial charge in [0.1, 0.15) is 6.61 Å². The molecule has 0 bridgehead atoms. The number of aliphatic hydroxyl groups is 1.